The fourth-order valence-electron chi connectivity index (χ4n) is 1.68. The van der Waals surface area contributed by atoms with Crippen LogP contribution in [0.15, 0.2) is 48.5 Å². The second kappa shape index (κ2) is 5.24. The molecule has 0 aliphatic carbocycles. The molecule has 0 unspecified atom stereocenters. The lowest BCUT2D eigenvalue weighted by molar-refractivity contribution is -0.137. The van der Waals surface area contributed by atoms with Crippen LogP contribution in [0.5, 0.6) is 0 Å². The Kier molecular flexibility index (Phi) is 3.65. The zero-order chi connectivity index (χ0) is 14.8. The van der Waals surface area contributed by atoms with Gasteiger partial charge in [-0.1, -0.05) is 18.2 Å². The summed E-state index contributed by atoms with van der Waals surface area (Å²) < 4.78 is 37.7. The molecule has 6 heteroatoms. The largest absolute Gasteiger partial charge is 0.416 e. The van der Waals surface area contributed by atoms with E-state index in [0.717, 1.165) is 12.1 Å². The number of rotatable bonds is 2. The van der Waals surface area contributed by atoms with Crippen LogP contribution in [0.25, 0.3) is 0 Å². The molecule has 2 aromatic carbocycles. The highest BCUT2D eigenvalue weighted by Crippen LogP contribution is 2.30. The monoisotopic (exact) mass is 280 g/mol. The fourth-order valence-corrected chi connectivity index (χ4v) is 1.68. The zero-order valence-corrected chi connectivity index (χ0v) is 10.2. The van der Waals surface area contributed by atoms with E-state index in [2.05, 4.69) is 5.32 Å². The Morgan fingerprint density at radius 2 is 1.75 bits per heavy atom. The summed E-state index contributed by atoms with van der Waals surface area (Å²) in [7, 11) is 0. The molecule has 0 radical (unpaired) electrons. The first-order valence-electron chi connectivity index (χ1n) is 5.71. The number of nitrogens with one attached hydrogen (secondary N) is 1. The van der Waals surface area contributed by atoms with E-state index in [1.54, 1.807) is 18.2 Å². The van der Waals surface area contributed by atoms with E-state index in [1.807, 2.05) is 0 Å². The molecule has 0 spiro atoms. The SMILES string of the molecule is Nc1ccccc1C(=O)Nc1cccc(C(F)(F)F)c1. The lowest BCUT2D eigenvalue weighted by Crippen LogP contribution is -2.14. The normalized spacial score (nSPS) is 11.2. The number of hydrogen-bond acceptors (Lipinski definition) is 2. The quantitative estimate of drug-likeness (QED) is 0.827. The highest BCUT2D eigenvalue weighted by molar-refractivity contribution is 6.07. The predicted molar refractivity (Wildman–Crippen MR) is 70.3 cm³/mol. The third kappa shape index (κ3) is 3.09. The predicted octanol–water partition coefficient (Wildman–Crippen LogP) is 3.54. The van der Waals surface area contributed by atoms with Gasteiger partial charge in [-0.25, -0.2) is 0 Å². The van der Waals surface area contributed by atoms with Crippen molar-refractivity contribution in [2.75, 3.05) is 11.1 Å². The summed E-state index contributed by atoms with van der Waals surface area (Å²) in [6.45, 7) is 0. The summed E-state index contributed by atoms with van der Waals surface area (Å²) in [6.07, 6.45) is -4.45. The number of nitrogens with two attached hydrogens (primary N) is 1. The van der Waals surface area contributed by atoms with Crippen molar-refractivity contribution in [2.24, 2.45) is 0 Å². The summed E-state index contributed by atoms with van der Waals surface area (Å²) in [4.78, 5) is 11.9. The standard InChI is InChI=1S/C14H11F3N2O/c15-14(16,17)9-4-3-5-10(8-9)19-13(20)11-6-1-2-7-12(11)18/h1-8H,18H2,(H,19,20). The molecule has 3 N–H and O–H groups in total. The topological polar surface area (TPSA) is 55.1 Å². The number of nitrogen functional groups attached to an aromatic ring is 1. The third-order valence-electron chi connectivity index (χ3n) is 2.65. The first-order chi connectivity index (χ1) is 9.38. The van der Waals surface area contributed by atoms with E-state index in [4.69, 9.17) is 5.73 Å². The van der Waals surface area contributed by atoms with Crippen LogP contribution in [0, 0.1) is 0 Å². The van der Waals surface area contributed by atoms with Crippen LogP contribution in [-0.2, 0) is 6.18 Å². The van der Waals surface area contributed by atoms with Gasteiger partial charge in [0.1, 0.15) is 0 Å². The van der Waals surface area contributed by atoms with Crippen LogP contribution in [0.4, 0.5) is 24.5 Å². The van der Waals surface area contributed by atoms with Crippen molar-refractivity contribution in [1.29, 1.82) is 0 Å². The second-order valence-corrected chi connectivity index (χ2v) is 4.12. The number of carbonyl (C=O) groups is 1. The average Bonchev–Trinajstić information content (AvgIpc) is 2.38. The van der Waals surface area contributed by atoms with Gasteiger partial charge in [-0.05, 0) is 30.3 Å². The van der Waals surface area contributed by atoms with Gasteiger partial charge in [0.05, 0.1) is 11.1 Å². The van der Waals surface area contributed by atoms with E-state index < -0.39 is 17.6 Å². The fraction of sp³-hybridized carbons (Fsp3) is 0.0714. The van der Waals surface area contributed by atoms with Gasteiger partial charge < -0.3 is 11.1 Å². The summed E-state index contributed by atoms with van der Waals surface area (Å²) >= 11 is 0. The Labute approximate surface area is 113 Å². The zero-order valence-electron chi connectivity index (χ0n) is 10.2. The van der Waals surface area contributed by atoms with Gasteiger partial charge in [0, 0.05) is 11.4 Å². The molecule has 0 aliphatic rings. The average molecular weight is 280 g/mol. The number of para-hydroxylation sites is 1. The number of hydrogen-bond donors (Lipinski definition) is 2. The van der Waals surface area contributed by atoms with Crippen molar-refractivity contribution in [2.45, 2.75) is 6.18 Å². The minimum absolute atomic E-state index is 0.0630. The molecule has 0 aromatic heterocycles. The number of alkyl halides is 3. The summed E-state index contributed by atoms with van der Waals surface area (Å²) in [6, 6.07) is 10.7. The van der Waals surface area contributed by atoms with Gasteiger partial charge in [-0.2, -0.15) is 13.2 Å². The number of anilines is 2. The second-order valence-electron chi connectivity index (χ2n) is 4.12. The lowest BCUT2D eigenvalue weighted by Gasteiger charge is -2.10. The van der Waals surface area contributed by atoms with Gasteiger partial charge in [0.15, 0.2) is 0 Å². The van der Waals surface area contributed by atoms with Crippen LogP contribution in [0.1, 0.15) is 15.9 Å². The number of benzene rings is 2. The maximum absolute atomic E-state index is 12.6. The third-order valence-corrected chi connectivity index (χ3v) is 2.65. The van der Waals surface area contributed by atoms with E-state index >= 15 is 0 Å². The van der Waals surface area contributed by atoms with E-state index in [0.29, 0.717) is 0 Å². The molecule has 2 aromatic rings. The summed E-state index contributed by atoms with van der Waals surface area (Å²) in [5.74, 6) is -0.553. The molecule has 0 atom stereocenters. The first-order valence-corrected chi connectivity index (χ1v) is 5.71. The molecule has 1 amide bonds. The van der Waals surface area contributed by atoms with Crippen molar-refractivity contribution in [3.05, 3.63) is 59.7 Å². The van der Waals surface area contributed by atoms with Crippen LogP contribution in [0.3, 0.4) is 0 Å². The molecule has 0 saturated carbocycles. The smallest absolute Gasteiger partial charge is 0.398 e. The maximum Gasteiger partial charge on any atom is 0.416 e. The molecule has 0 aliphatic heterocycles. The van der Waals surface area contributed by atoms with Crippen LogP contribution in [0.2, 0.25) is 0 Å². The molecule has 2 rings (SSSR count). The Bertz CT molecular complexity index is 638. The van der Waals surface area contributed by atoms with Gasteiger partial charge in [0.2, 0.25) is 0 Å². The van der Waals surface area contributed by atoms with Crippen molar-refractivity contribution >= 4 is 17.3 Å². The molecular formula is C14H11F3N2O. The van der Waals surface area contributed by atoms with Gasteiger partial charge >= 0.3 is 6.18 Å². The molecule has 0 heterocycles. The Morgan fingerprint density at radius 3 is 2.40 bits per heavy atom. The van der Waals surface area contributed by atoms with Crippen molar-refractivity contribution < 1.29 is 18.0 Å². The van der Waals surface area contributed by atoms with Gasteiger partial charge in [-0.3, -0.25) is 4.79 Å². The van der Waals surface area contributed by atoms with E-state index in [9.17, 15) is 18.0 Å². The highest BCUT2D eigenvalue weighted by Gasteiger charge is 2.30. The number of halogens is 3. The minimum Gasteiger partial charge on any atom is -0.398 e. The molecule has 0 fully saturated rings. The van der Waals surface area contributed by atoms with Crippen molar-refractivity contribution in [3.63, 3.8) is 0 Å². The Hall–Kier alpha value is -2.50. The van der Waals surface area contributed by atoms with E-state index in [1.165, 1.54) is 18.2 Å². The highest BCUT2D eigenvalue weighted by atomic mass is 19.4. The first kappa shape index (κ1) is 13.9. The van der Waals surface area contributed by atoms with Gasteiger partial charge in [0.25, 0.3) is 5.91 Å². The van der Waals surface area contributed by atoms with Crippen molar-refractivity contribution in [3.8, 4) is 0 Å². The molecule has 0 bridgehead atoms. The summed E-state index contributed by atoms with van der Waals surface area (Å²) in [5.41, 5.74) is 5.35. The van der Waals surface area contributed by atoms with Crippen LogP contribution >= 0.6 is 0 Å². The molecule has 3 nitrogen and oxygen atoms in total. The Balaban J connectivity index is 2.23. The Morgan fingerprint density at radius 1 is 1.05 bits per heavy atom. The van der Waals surface area contributed by atoms with Crippen LogP contribution < -0.4 is 11.1 Å². The maximum atomic E-state index is 12.6. The molecule has 20 heavy (non-hydrogen) atoms. The number of amides is 1. The van der Waals surface area contributed by atoms with Crippen LogP contribution in [-0.4, -0.2) is 5.91 Å². The lowest BCUT2D eigenvalue weighted by atomic mass is 10.1. The number of carbonyl (C=O) groups excluding carboxylic acids is 1. The molecular weight excluding hydrogens is 269 g/mol. The molecule has 0 saturated heterocycles. The van der Waals surface area contributed by atoms with E-state index in [-0.39, 0.29) is 16.9 Å². The van der Waals surface area contributed by atoms with Gasteiger partial charge in [-0.15, -0.1) is 0 Å². The minimum atomic E-state index is -4.45. The molecule has 104 valence electrons. The van der Waals surface area contributed by atoms with Crippen molar-refractivity contribution in [1.82, 2.24) is 0 Å². The summed E-state index contributed by atoms with van der Waals surface area (Å²) in [5, 5.41) is 2.39.